The van der Waals surface area contributed by atoms with Gasteiger partial charge in [0.05, 0.1) is 6.61 Å². The van der Waals surface area contributed by atoms with Gasteiger partial charge < -0.3 is 10.1 Å². The molecule has 2 nitrogen and oxygen atoms in total. The Labute approximate surface area is 91.6 Å². The summed E-state index contributed by atoms with van der Waals surface area (Å²) in [5.74, 6) is 0.777. The van der Waals surface area contributed by atoms with E-state index in [4.69, 9.17) is 4.74 Å². The highest BCUT2D eigenvalue weighted by Crippen LogP contribution is 2.25. The van der Waals surface area contributed by atoms with Crippen LogP contribution in [0.1, 0.15) is 11.1 Å². The Balaban J connectivity index is 1.76. The molecule has 82 valence electrons. The number of ether oxygens (including phenoxy) is 1. The van der Waals surface area contributed by atoms with Gasteiger partial charge in [-0.1, -0.05) is 24.3 Å². The molecule has 1 aromatic carbocycles. The van der Waals surface area contributed by atoms with E-state index in [1.807, 2.05) is 0 Å². The molecule has 0 spiro atoms. The molecule has 0 heterocycles. The number of methoxy groups -OCH3 is 1. The first-order valence-corrected chi connectivity index (χ1v) is 5.66. The smallest absolute Gasteiger partial charge is 0.0587 e. The summed E-state index contributed by atoms with van der Waals surface area (Å²) in [5, 5.41) is 3.44. The molecule has 0 saturated heterocycles. The third kappa shape index (κ3) is 2.80. The van der Waals surface area contributed by atoms with Crippen LogP contribution in [-0.4, -0.2) is 26.8 Å². The summed E-state index contributed by atoms with van der Waals surface area (Å²) in [6.07, 6.45) is 2.46. The van der Waals surface area contributed by atoms with E-state index >= 15 is 0 Å². The van der Waals surface area contributed by atoms with Gasteiger partial charge in [0.25, 0.3) is 0 Å². The summed E-state index contributed by atoms with van der Waals surface area (Å²) in [6, 6.07) is 8.79. The van der Waals surface area contributed by atoms with Crippen LogP contribution >= 0.6 is 0 Å². The van der Waals surface area contributed by atoms with Crippen molar-refractivity contribution < 1.29 is 4.74 Å². The van der Waals surface area contributed by atoms with Gasteiger partial charge in [0.2, 0.25) is 0 Å². The number of benzene rings is 1. The van der Waals surface area contributed by atoms with Crippen molar-refractivity contribution >= 4 is 0 Å². The van der Waals surface area contributed by atoms with Crippen LogP contribution in [0.5, 0.6) is 0 Å². The largest absolute Gasteiger partial charge is 0.383 e. The Kier molecular flexibility index (Phi) is 3.75. The van der Waals surface area contributed by atoms with E-state index in [-0.39, 0.29) is 0 Å². The van der Waals surface area contributed by atoms with Gasteiger partial charge in [0, 0.05) is 13.7 Å². The van der Waals surface area contributed by atoms with Gasteiger partial charge in [-0.15, -0.1) is 0 Å². The predicted octanol–water partition coefficient (Wildman–Crippen LogP) is 1.64. The molecule has 15 heavy (non-hydrogen) atoms. The fourth-order valence-electron chi connectivity index (χ4n) is 2.27. The normalized spacial score (nSPS) is 15.5. The first-order valence-electron chi connectivity index (χ1n) is 5.66. The molecule has 0 amide bonds. The molecule has 0 radical (unpaired) electrons. The molecule has 0 atom stereocenters. The van der Waals surface area contributed by atoms with E-state index < -0.39 is 0 Å². The third-order valence-electron chi connectivity index (χ3n) is 3.05. The monoisotopic (exact) mass is 205 g/mol. The van der Waals surface area contributed by atoms with Gasteiger partial charge in [-0.05, 0) is 36.4 Å². The van der Waals surface area contributed by atoms with Crippen molar-refractivity contribution in [3.63, 3.8) is 0 Å². The van der Waals surface area contributed by atoms with Crippen LogP contribution in [-0.2, 0) is 17.6 Å². The molecule has 0 fully saturated rings. The van der Waals surface area contributed by atoms with Crippen LogP contribution in [0.4, 0.5) is 0 Å². The minimum atomic E-state index is 0.777. The Morgan fingerprint density at radius 3 is 2.53 bits per heavy atom. The summed E-state index contributed by atoms with van der Waals surface area (Å²) >= 11 is 0. The maximum atomic E-state index is 5.01. The van der Waals surface area contributed by atoms with Crippen molar-refractivity contribution in [2.75, 3.05) is 26.8 Å². The molecular formula is C13H19NO. The summed E-state index contributed by atoms with van der Waals surface area (Å²) in [4.78, 5) is 0. The first kappa shape index (κ1) is 10.7. The number of nitrogens with one attached hydrogen (secondary N) is 1. The van der Waals surface area contributed by atoms with E-state index in [0.717, 1.165) is 25.6 Å². The van der Waals surface area contributed by atoms with Gasteiger partial charge in [0.1, 0.15) is 0 Å². The standard InChI is InChI=1S/C13H19NO/c1-15-7-6-14-10-11-8-12-4-2-3-5-13(12)9-11/h2-5,11,14H,6-10H2,1H3. The summed E-state index contributed by atoms with van der Waals surface area (Å²) in [6.45, 7) is 2.88. The molecule has 1 aromatic rings. The molecule has 0 aromatic heterocycles. The zero-order valence-corrected chi connectivity index (χ0v) is 9.33. The zero-order valence-electron chi connectivity index (χ0n) is 9.33. The lowest BCUT2D eigenvalue weighted by atomic mass is 10.1. The number of rotatable bonds is 5. The molecule has 2 heteroatoms. The van der Waals surface area contributed by atoms with Crippen molar-refractivity contribution in [2.45, 2.75) is 12.8 Å². The molecule has 1 N–H and O–H groups in total. The lowest BCUT2D eigenvalue weighted by molar-refractivity contribution is 0.198. The number of fused-ring (bicyclic) bond motifs is 1. The average molecular weight is 205 g/mol. The first-order chi connectivity index (χ1) is 7.40. The van der Waals surface area contributed by atoms with Crippen LogP contribution < -0.4 is 5.32 Å². The maximum absolute atomic E-state index is 5.01. The average Bonchev–Trinajstić information content (AvgIpc) is 2.67. The molecular weight excluding hydrogens is 186 g/mol. The molecule has 0 unspecified atom stereocenters. The van der Waals surface area contributed by atoms with Crippen molar-refractivity contribution in [1.29, 1.82) is 0 Å². The van der Waals surface area contributed by atoms with E-state index in [1.165, 1.54) is 24.0 Å². The fourth-order valence-corrected chi connectivity index (χ4v) is 2.27. The highest BCUT2D eigenvalue weighted by Gasteiger charge is 2.19. The summed E-state index contributed by atoms with van der Waals surface area (Å²) in [7, 11) is 1.74. The molecule has 2 rings (SSSR count). The van der Waals surface area contributed by atoms with Gasteiger partial charge in [0.15, 0.2) is 0 Å². The quantitative estimate of drug-likeness (QED) is 0.738. The fraction of sp³-hybridized carbons (Fsp3) is 0.538. The van der Waals surface area contributed by atoms with E-state index in [0.29, 0.717) is 0 Å². The maximum Gasteiger partial charge on any atom is 0.0587 e. The SMILES string of the molecule is COCCNCC1Cc2ccccc2C1. The van der Waals surface area contributed by atoms with Crippen LogP contribution in [0.25, 0.3) is 0 Å². The highest BCUT2D eigenvalue weighted by molar-refractivity contribution is 5.32. The minimum Gasteiger partial charge on any atom is -0.383 e. The molecule has 1 aliphatic carbocycles. The second kappa shape index (κ2) is 5.29. The van der Waals surface area contributed by atoms with Crippen LogP contribution in [0.15, 0.2) is 24.3 Å². The van der Waals surface area contributed by atoms with Crippen LogP contribution in [0.3, 0.4) is 0 Å². The van der Waals surface area contributed by atoms with Gasteiger partial charge in [-0.3, -0.25) is 0 Å². The van der Waals surface area contributed by atoms with Crippen molar-refractivity contribution in [3.8, 4) is 0 Å². The van der Waals surface area contributed by atoms with E-state index in [2.05, 4.69) is 29.6 Å². The van der Waals surface area contributed by atoms with Gasteiger partial charge in [-0.2, -0.15) is 0 Å². The molecule has 0 saturated carbocycles. The molecule has 0 bridgehead atoms. The van der Waals surface area contributed by atoms with Crippen LogP contribution in [0.2, 0.25) is 0 Å². The highest BCUT2D eigenvalue weighted by atomic mass is 16.5. The van der Waals surface area contributed by atoms with E-state index in [1.54, 1.807) is 7.11 Å². The Morgan fingerprint density at radius 1 is 1.27 bits per heavy atom. The van der Waals surface area contributed by atoms with Gasteiger partial charge >= 0.3 is 0 Å². The molecule has 1 aliphatic rings. The lowest BCUT2D eigenvalue weighted by Crippen LogP contribution is -2.26. The third-order valence-corrected chi connectivity index (χ3v) is 3.05. The topological polar surface area (TPSA) is 21.3 Å². The second-order valence-corrected chi connectivity index (χ2v) is 4.24. The Bertz CT molecular complexity index is 286. The number of hydrogen-bond donors (Lipinski definition) is 1. The zero-order chi connectivity index (χ0) is 10.5. The van der Waals surface area contributed by atoms with Gasteiger partial charge in [-0.25, -0.2) is 0 Å². The summed E-state index contributed by atoms with van der Waals surface area (Å²) < 4.78 is 5.01. The van der Waals surface area contributed by atoms with Crippen molar-refractivity contribution in [1.82, 2.24) is 5.32 Å². The summed E-state index contributed by atoms with van der Waals surface area (Å²) in [5.41, 5.74) is 3.08. The van der Waals surface area contributed by atoms with E-state index in [9.17, 15) is 0 Å². The van der Waals surface area contributed by atoms with Crippen molar-refractivity contribution in [3.05, 3.63) is 35.4 Å². The van der Waals surface area contributed by atoms with Crippen LogP contribution in [0, 0.1) is 5.92 Å². The predicted molar refractivity (Wildman–Crippen MR) is 62.1 cm³/mol. The minimum absolute atomic E-state index is 0.777. The number of hydrogen-bond acceptors (Lipinski definition) is 2. The van der Waals surface area contributed by atoms with Crippen molar-refractivity contribution in [2.24, 2.45) is 5.92 Å². The Morgan fingerprint density at radius 2 is 1.93 bits per heavy atom. The Hall–Kier alpha value is -0.860. The molecule has 0 aliphatic heterocycles. The second-order valence-electron chi connectivity index (χ2n) is 4.24. The lowest BCUT2D eigenvalue weighted by Gasteiger charge is -2.09.